The Balaban J connectivity index is 1.63. The van der Waals surface area contributed by atoms with Crippen molar-refractivity contribution in [3.63, 3.8) is 0 Å². The van der Waals surface area contributed by atoms with Crippen LogP contribution in [0.1, 0.15) is 33.0 Å². The smallest absolute Gasteiger partial charge is 0.307 e. The maximum atomic E-state index is 12.1. The molecule has 118 valence electrons. The number of thiazole rings is 1. The van der Waals surface area contributed by atoms with Gasteiger partial charge in [-0.2, -0.15) is 0 Å². The maximum Gasteiger partial charge on any atom is 0.307 e. The lowest BCUT2D eigenvalue weighted by Gasteiger charge is -2.03. The summed E-state index contributed by atoms with van der Waals surface area (Å²) < 4.78 is 5.22. The van der Waals surface area contributed by atoms with Crippen LogP contribution in [0.3, 0.4) is 0 Å². The summed E-state index contributed by atoms with van der Waals surface area (Å²) in [6.45, 7) is 0. The summed E-state index contributed by atoms with van der Waals surface area (Å²) in [5, 5.41) is 9.59. The average Bonchev–Trinajstić information content (AvgIpc) is 3.16. The fourth-order valence-corrected chi connectivity index (χ4v) is 3.06. The van der Waals surface area contributed by atoms with Crippen molar-refractivity contribution >= 4 is 17.1 Å². The molecule has 2 heterocycles. The molecule has 0 aliphatic carbocycles. The molecule has 0 saturated heterocycles. The van der Waals surface area contributed by atoms with Crippen LogP contribution in [0.15, 0.2) is 51.9 Å². The third kappa shape index (κ3) is 3.78. The number of rotatable bonds is 6. The molecule has 3 aromatic rings. The van der Waals surface area contributed by atoms with Gasteiger partial charge in [-0.1, -0.05) is 35.6 Å². The Morgan fingerprint density at radius 3 is 2.61 bits per heavy atom. The summed E-state index contributed by atoms with van der Waals surface area (Å²) >= 11 is 0.988. The Morgan fingerprint density at radius 1 is 1.22 bits per heavy atom. The molecule has 0 spiro atoms. The first-order chi connectivity index (χ1) is 11.1. The second kappa shape index (κ2) is 6.66. The maximum absolute atomic E-state index is 12.1. The van der Waals surface area contributed by atoms with Gasteiger partial charge in [-0.15, -0.1) is 0 Å². The number of Topliss-reactive ketones (excluding diaryl/α,β-unsaturated/α-hetero) is 1. The second-order valence-electron chi connectivity index (χ2n) is 5.16. The zero-order valence-corrected chi connectivity index (χ0v) is 13.1. The molecule has 6 heteroatoms. The molecule has 5 nitrogen and oxygen atoms in total. The van der Waals surface area contributed by atoms with Crippen LogP contribution in [0.4, 0.5) is 0 Å². The number of furan rings is 1. The van der Waals surface area contributed by atoms with Crippen LogP contribution < -0.4 is 4.87 Å². The molecule has 3 rings (SSSR count). The summed E-state index contributed by atoms with van der Waals surface area (Å²) in [7, 11) is 0. The lowest BCUT2D eigenvalue weighted by atomic mass is 10.0. The first-order valence-electron chi connectivity index (χ1n) is 7.17. The first-order valence-corrected chi connectivity index (χ1v) is 7.99. The van der Waals surface area contributed by atoms with Crippen molar-refractivity contribution in [1.29, 1.82) is 0 Å². The highest BCUT2D eigenvalue weighted by Gasteiger charge is 2.10. The van der Waals surface area contributed by atoms with E-state index in [-0.39, 0.29) is 16.5 Å². The van der Waals surface area contributed by atoms with Crippen LogP contribution in [0, 0.1) is 0 Å². The predicted octanol–water partition coefficient (Wildman–Crippen LogP) is 3.14. The molecule has 0 saturated carbocycles. The summed E-state index contributed by atoms with van der Waals surface area (Å²) in [6, 6.07) is 10.9. The van der Waals surface area contributed by atoms with E-state index in [1.807, 2.05) is 18.2 Å². The zero-order chi connectivity index (χ0) is 16.2. The molecule has 0 amide bonds. The Kier molecular flexibility index (Phi) is 4.43. The largest absolute Gasteiger partial charge is 0.494 e. The molecule has 0 aliphatic rings. The number of aromatic amines is 1. The van der Waals surface area contributed by atoms with Gasteiger partial charge >= 0.3 is 4.87 Å². The monoisotopic (exact) mass is 329 g/mol. The number of ketones is 1. The third-order valence-electron chi connectivity index (χ3n) is 3.52. The van der Waals surface area contributed by atoms with Gasteiger partial charge in [-0.25, -0.2) is 0 Å². The van der Waals surface area contributed by atoms with E-state index in [4.69, 9.17) is 4.42 Å². The van der Waals surface area contributed by atoms with Crippen molar-refractivity contribution in [2.45, 2.75) is 19.3 Å². The average molecular weight is 329 g/mol. The molecule has 0 unspecified atom stereocenters. The van der Waals surface area contributed by atoms with E-state index in [1.54, 1.807) is 24.5 Å². The number of aryl methyl sites for hydroxylation is 1. The highest BCUT2D eigenvalue weighted by Crippen LogP contribution is 2.20. The van der Waals surface area contributed by atoms with E-state index in [1.165, 1.54) is 0 Å². The summed E-state index contributed by atoms with van der Waals surface area (Å²) in [6.07, 6.45) is 3.03. The van der Waals surface area contributed by atoms with E-state index in [0.29, 0.717) is 29.7 Å². The van der Waals surface area contributed by atoms with Gasteiger partial charge in [-0.3, -0.25) is 14.6 Å². The summed E-state index contributed by atoms with van der Waals surface area (Å²) in [5.41, 5.74) is 1.57. The SMILES string of the molecule is O=C(CCc1ccco1)c1ccc(Cc2sc(=O)[nH]c2O)cc1. The molecular weight excluding hydrogens is 314 g/mol. The molecule has 0 aliphatic heterocycles. The number of aromatic hydroxyl groups is 1. The number of nitrogens with one attached hydrogen (secondary N) is 1. The molecule has 2 N–H and O–H groups in total. The highest BCUT2D eigenvalue weighted by molar-refractivity contribution is 7.09. The normalized spacial score (nSPS) is 10.8. The molecule has 23 heavy (non-hydrogen) atoms. The standard InChI is InChI=1S/C17H15NO4S/c19-14(8-7-13-2-1-9-22-13)12-5-3-11(4-6-12)10-15-16(20)18-17(21)23-15/h1-6,9,20H,7-8,10H2,(H,18,21). The van der Waals surface area contributed by atoms with Crippen LogP contribution in [0.2, 0.25) is 0 Å². The van der Waals surface area contributed by atoms with E-state index in [0.717, 1.165) is 22.7 Å². The fourth-order valence-electron chi connectivity index (χ4n) is 2.30. The van der Waals surface area contributed by atoms with Gasteiger partial charge in [0.05, 0.1) is 11.1 Å². The van der Waals surface area contributed by atoms with Crippen LogP contribution in [0.5, 0.6) is 5.88 Å². The number of aromatic nitrogens is 1. The van der Waals surface area contributed by atoms with E-state index in [9.17, 15) is 14.7 Å². The number of carbonyl (C=O) groups excluding carboxylic acids is 1. The molecule has 0 radical (unpaired) electrons. The number of benzene rings is 1. The number of hydrogen-bond donors (Lipinski definition) is 2. The Labute approximate surface area is 136 Å². The second-order valence-corrected chi connectivity index (χ2v) is 6.23. The summed E-state index contributed by atoms with van der Waals surface area (Å²) in [4.78, 5) is 26.0. The predicted molar refractivity (Wildman–Crippen MR) is 87.2 cm³/mol. The molecule has 2 aromatic heterocycles. The van der Waals surface area contributed by atoms with Crippen molar-refractivity contribution < 1.29 is 14.3 Å². The van der Waals surface area contributed by atoms with Gasteiger partial charge in [0.1, 0.15) is 5.76 Å². The lowest BCUT2D eigenvalue weighted by Crippen LogP contribution is -2.01. The van der Waals surface area contributed by atoms with Crippen molar-refractivity contribution in [2.24, 2.45) is 0 Å². The fraction of sp³-hybridized carbons (Fsp3) is 0.176. The minimum absolute atomic E-state index is 0.0575. The molecule has 0 atom stereocenters. The van der Waals surface area contributed by atoms with Crippen LogP contribution >= 0.6 is 11.3 Å². The van der Waals surface area contributed by atoms with Gasteiger partial charge in [0.15, 0.2) is 5.78 Å². The van der Waals surface area contributed by atoms with Crippen molar-refractivity contribution in [2.75, 3.05) is 0 Å². The number of hydrogen-bond acceptors (Lipinski definition) is 5. The van der Waals surface area contributed by atoms with Gasteiger partial charge in [0, 0.05) is 24.8 Å². The van der Waals surface area contributed by atoms with Crippen LogP contribution in [-0.2, 0) is 12.8 Å². The zero-order valence-electron chi connectivity index (χ0n) is 12.2. The first kappa shape index (κ1) is 15.3. The van der Waals surface area contributed by atoms with Gasteiger partial charge in [0.2, 0.25) is 5.88 Å². The van der Waals surface area contributed by atoms with Gasteiger partial charge in [-0.05, 0) is 17.7 Å². The van der Waals surface area contributed by atoms with E-state index >= 15 is 0 Å². The van der Waals surface area contributed by atoms with Gasteiger partial charge < -0.3 is 9.52 Å². The quantitative estimate of drug-likeness (QED) is 0.681. The number of H-pyrrole nitrogens is 1. The molecule has 0 bridgehead atoms. The Hall–Kier alpha value is -2.60. The van der Waals surface area contributed by atoms with E-state index < -0.39 is 0 Å². The number of carbonyl (C=O) groups is 1. The minimum Gasteiger partial charge on any atom is -0.494 e. The van der Waals surface area contributed by atoms with Gasteiger partial charge in [0.25, 0.3) is 0 Å². The molecule has 1 aromatic carbocycles. The van der Waals surface area contributed by atoms with Crippen molar-refractivity contribution in [1.82, 2.24) is 4.98 Å². The third-order valence-corrected chi connectivity index (χ3v) is 4.39. The Bertz CT molecular complexity index is 844. The summed E-state index contributed by atoms with van der Waals surface area (Å²) in [5.74, 6) is 0.772. The van der Waals surface area contributed by atoms with E-state index in [2.05, 4.69) is 4.98 Å². The van der Waals surface area contributed by atoms with Crippen LogP contribution in [0.25, 0.3) is 0 Å². The molecular formula is C17H15NO4S. The Morgan fingerprint density at radius 2 is 2.00 bits per heavy atom. The highest BCUT2D eigenvalue weighted by atomic mass is 32.1. The molecule has 0 fully saturated rings. The lowest BCUT2D eigenvalue weighted by molar-refractivity contribution is 0.0981. The van der Waals surface area contributed by atoms with Crippen LogP contribution in [-0.4, -0.2) is 15.9 Å². The van der Waals surface area contributed by atoms with Crippen molar-refractivity contribution in [3.05, 3.63) is 74.1 Å². The van der Waals surface area contributed by atoms with Crippen molar-refractivity contribution in [3.8, 4) is 5.88 Å². The minimum atomic E-state index is -0.276. The topological polar surface area (TPSA) is 83.3 Å².